The van der Waals surface area contributed by atoms with Crippen molar-refractivity contribution in [3.8, 4) is 0 Å². The van der Waals surface area contributed by atoms with Crippen molar-refractivity contribution in [1.82, 2.24) is 10.2 Å². The lowest BCUT2D eigenvalue weighted by Crippen LogP contribution is -2.35. The quantitative estimate of drug-likeness (QED) is 0.905. The van der Waals surface area contributed by atoms with Gasteiger partial charge in [0.1, 0.15) is 5.82 Å². The Morgan fingerprint density at radius 3 is 2.72 bits per heavy atom. The lowest BCUT2D eigenvalue weighted by Gasteiger charge is -2.16. The summed E-state index contributed by atoms with van der Waals surface area (Å²) < 4.78 is 14.2. The van der Waals surface area contributed by atoms with Crippen molar-refractivity contribution in [1.29, 1.82) is 0 Å². The molecule has 0 saturated carbocycles. The van der Waals surface area contributed by atoms with E-state index in [1.807, 2.05) is 25.9 Å². The Bertz CT molecular complexity index is 423. The molecule has 0 aliphatic heterocycles. The molecule has 0 aliphatic carbocycles. The van der Waals surface area contributed by atoms with Crippen LogP contribution in [0.5, 0.6) is 0 Å². The van der Waals surface area contributed by atoms with Crippen molar-refractivity contribution in [2.45, 2.75) is 19.4 Å². The van der Waals surface area contributed by atoms with Gasteiger partial charge in [-0.25, -0.2) is 4.39 Å². The summed E-state index contributed by atoms with van der Waals surface area (Å²) in [5, 5.41) is 2.79. The van der Waals surface area contributed by atoms with Crippen LogP contribution in [-0.4, -0.2) is 37.5 Å². The van der Waals surface area contributed by atoms with E-state index in [1.165, 1.54) is 12.1 Å². The molecular formula is C13H18BrFN2O. The molecular weight excluding hydrogens is 299 g/mol. The minimum atomic E-state index is -0.512. The molecule has 1 aromatic carbocycles. The van der Waals surface area contributed by atoms with Crippen molar-refractivity contribution in [3.63, 3.8) is 0 Å². The third-order valence-electron chi connectivity index (χ3n) is 2.56. The van der Waals surface area contributed by atoms with Crippen molar-refractivity contribution in [2.24, 2.45) is 0 Å². The topological polar surface area (TPSA) is 32.3 Å². The minimum absolute atomic E-state index is 0.0166. The molecule has 0 spiro atoms. The summed E-state index contributed by atoms with van der Waals surface area (Å²) in [6.45, 7) is 2.79. The van der Waals surface area contributed by atoms with Gasteiger partial charge in [-0.15, -0.1) is 0 Å². The van der Waals surface area contributed by atoms with Gasteiger partial charge in [-0.1, -0.05) is 15.9 Å². The third kappa shape index (κ3) is 4.74. The zero-order valence-electron chi connectivity index (χ0n) is 10.8. The highest BCUT2D eigenvalue weighted by molar-refractivity contribution is 9.10. The first-order valence-electron chi connectivity index (χ1n) is 5.81. The highest BCUT2D eigenvalue weighted by Gasteiger charge is 2.14. The number of nitrogens with zero attached hydrogens (tertiary/aromatic N) is 1. The number of rotatable bonds is 5. The second kappa shape index (κ2) is 6.85. The summed E-state index contributed by atoms with van der Waals surface area (Å²) in [6, 6.07) is 4.44. The molecule has 0 heterocycles. The van der Waals surface area contributed by atoms with Crippen molar-refractivity contribution in [2.75, 3.05) is 20.6 Å². The molecule has 100 valence electrons. The van der Waals surface area contributed by atoms with Crippen LogP contribution in [0.3, 0.4) is 0 Å². The maximum absolute atomic E-state index is 13.6. The predicted octanol–water partition coefficient (Wildman–Crippen LogP) is 2.66. The Morgan fingerprint density at radius 2 is 2.17 bits per heavy atom. The zero-order chi connectivity index (χ0) is 13.7. The second-order valence-electron chi connectivity index (χ2n) is 4.59. The molecule has 1 rings (SSSR count). The number of carbonyl (C=O) groups excluding carboxylic acids is 1. The standard InChI is InChI=1S/C13H18BrFN2O/c1-9(6-7-17(2)3)16-13(18)11-5-4-10(14)8-12(11)15/h4-5,8-9H,6-7H2,1-3H3,(H,16,18). The van der Waals surface area contributed by atoms with E-state index in [0.29, 0.717) is 4.47 Å². The average molecular weight is 317 g/mol. The fourth-order valence-electron chi connectivity index (χ4n) is 1.50. The molecule has 3 nitrogen and oxygen atoms in total. The van der Waals surface area contributed by atoms with Crippen LogP contribution in [0.2, 0.25) is 0 Å². The van der Waals surface area contributed by atoms with Gasteiger partial charge in [0, 0.05) is 10.5 Å². The average Bonchev–Trinajstić information content (AvgIpc) is 2.26. The summed E-state index contributed by atoms with van der Waals surface area (Å²) >= 11 is 3.16. The van der Waals surface area contributed by atoms with Gasteiger partial charge in [0.2, 0.25) is 0 Å². The van der Waals surface area contributed by atoms with E-state index < -0.39 is 5.82 Å². The van der Waals surface area contributed by atoms with Crippen LogP contribution in [0.15, 0.2) is 22.7 Å². The molecule has 5 heteroatoms. The van der Waals surface area contributed by atoms with Crippen molar-refractivity contribution < 1.29 is 9.18 Å². The van der Waals surface area contributed by atoms with Crippen LogP contribution in [0, 0.1) is 5.82 Å². The summed E-state index contributed by atoms with van der Waals surface area (Å²) in [7, 11) is 3.95. The Kier molecular flexibility index (Phi) is 5.75. The first kappa shape index (κ1) is 15.1. The number of carbonyl (C=O) groups is 1. The normalized spacial score (nSPS) is 12.6. The fraction of sp³-hybridized carbons (Fsp3) is 0.462. The monoisotopic (exact) mass is 316 g/mol. The molecule has 0 fully saturated rings. The molecule has 1 amide bonds. The van der Waals surface area contributed by atoms with Crippen molar-refractivity contribution in [3.05, 3.63) is 34.1 Å². The minimum Gasteiger partial charge on any atom is -0.349 e. The number of nitrogens with one attached hydrogen (secondary N) is 1. The molecule has 0 aromatic heterocycles. The van der Waals surface area contributed by atoms with E-state index in [1.54, 1.807) is 6.07 Å². The predicted molar refractivity (Wildman–Crippen MR) is 74.2 cm³/mol. The van der Waals surface area contributed by atoms with Gasteiger partial charge in [-0.2, -0.15) is 0 Å². The molecule has 18 heavy (non-hydrogen) atoms. The van der Waals surface area contributed by atoms with E-state index in [-0.39, 0.29) is 17.5 Å². The molecule has 1 unspecified atom stereocenters. The third-order valence-corrected chi connectivity index (χ3v) is 3.06. The summed E-state index contributed by atoms with van der Waals surface area (Å²) in [6.07, 6.45) is 0.830. The van der Waals surface area contributed by atoms with Gasteiger partial charge in [0.25, 0.3) is 5.91 Å². The molecule has 0 aliphatic rings. The van der Waals surface area contributed by atoms with E-state index in [2.05, 4.69) is 21.2 Å². The lowest BCUT2D eigenvalue weighted by molar-refractivity contribution is 0.0932. The van der Waals surface area contributed by atoms with Crippen LogP contribution in [0.4, 0.5) is 4.39 Å². The van der Waals surface area contributed by atoms with Gasteiger partial charge in [-0.3, -0.25) is 4.79 Å². The Hall–Kier alpha value is -0.940. The first-order chi connectivity index (χ1) is 8.40. The van der Waals surface area contributed by atoms with Gasteiger partial charge >= 0.3 is 0 Å². The van der Waals surface area contributed by atoms with Gasteiger partial charge < -0.3 is 10.2 Å². The summed E-state index contributed by atoms with van der Waals surface area (Å²) in [5.41, 5.74) is 0.0786. The Morgan fingerprint density at radius 1 is 1.50 bits per heavy atom. The highest BCUT2D eigenvalue weighted by Crippen LogP contribution is 2.15. The van der Waals surface area contributed by atoms with Crippen LogP contribution in [0.25, 0.3) is 0 Å². The van der Waals surface area contributed by atoms with Crippen molar-refractivity contribution >= 4 is 21.8 Å². The largest absolute Gasteiger partial charge is 0.349 e. The number of hydrogen-bond donors (Lipinski definition) is 1. The smallest absolute Gasteiger partial charge is 0.254 e. The van der Waals surface area contributed by atoms with Crippen LogP contribution < -0.4 is 5.32 Å². The van der Waals surface area contributed by atoms with Gasteiger partial charge in [0.15, 0.2) is 0 Å². The highest BCUT2D eigenvalue weighted by atomic mass is 79.9. The van der Waals surface area contributed by atoms with E-state index in [0.717, 1.165) is 13.0 Å². The molecule has 0 radical (unpaired) electrons. The second-order valence-corrected chi connectivity index (χ2v) is 5.51. The van der Waals surface area contributed by atoms with Gasteiger partial charge in [0.05, 0.1) is 5.56 Å². The van der Waals surface area contributed by atoms with Crippen LogP contribution >= 0.6 is 15.9 Å². The molecule has 1 atom stereocenters. The summed E-state index contributed by atoms with van der Waals surface area (Å²) in [5.74, 6) is -0.882. The zero-order valence-corrected chi connectivity index (χ0v) is 12.4. The maximum Gasteiger partial charge on any atom is 0.254 e. The summed E-state index contributed by atoms with van der Waals surface area (Å²) in [4.78, 5) is 13.9. The van der Waals surface area contributed by atoms with E-state index in [4.69, 9.17) is 0 Å². The fourth-order valence-corrected chi connectivity index (χ4v) is 1.83. The molecule has 1 N–H and O–H groups in total. The Balaban J connectivity index is 2.59. The van der Waals surface area contributed by atoms with E-state index >= 15 is 0 Å². The Labute approximate surface area is 115 Å². The van der Waals surface area contributed by atoms with Crippen LogP contribution in [-0.2, 0) is 0 Å². The number of hydrogen-bond acceptors (Lipinski definition) is 2. The molecule has 1 aromatic rings. The number of benzene rings is 1. The lowest BCUT2D eigenvalue weighted by atomic mass is 10.1. The number of amides is 1. The SMILES string of the molecule is CC(CCN(C)C)NC(=O)c1ccc(Br)cc1F. The molecule has 0 bridgehead atoms. The number of halogens is 2. The van der Waals surface area contributed by atoms with Gasteiger partial charge in [-0.05, 0) is 52.2 Å². The van der Waals surface area contributed by atoms with E-state index in [9.17, 15) is 9.18 Å². The first-order valence-corrected chi connectivity index (χ1v) is 6.60. The maximum atomic E-state index is 13.6. The molecule has 0 saturated heterocycles. The van der Waals surface area contributed by atoms with Crippen LogP contribution in [0.1, 0.15) is 23.7 Å².